The molecular formula is C22H22F2N4O2. The summed E-state index contributed by atoms with van der Waals surface area (Å²) < 4.78 is 29.9. The van der Waals surface area contributed by atoms with Crippen LogP contribution in [0.2, 0.25) is 0 Å². The molecule has 0 spiro atoms. The number of ether oxygens (including phenoxy) is 1. The first-order valence-electron chi connectivity index (χ1n) is 10.1. The van der Waals surface area contributed by atoms with Gasteiger partial charge in [0, 0.05) is 24.4 Å². The first kappa shape index (κ1) is 19.0. The minimum Gasteiger partial charge on any atom is -0.477 e. The van der Waals surface area contributed by atoms with Crippen molar-refractivity contribution in [2.45, 2.75) is 38.7 Å². The lowest BCUT2D eigenvalue weighted by Crippen LogP contribution is -2.58. The minimum atomic E-state index is -2.40. The summed E-state index contributed by atoms with van der Waals surface area (Å²) in [7, 11) is 0. The van der Waals surface area contributed by atoms with Crippen molar-refractivity contribution in [3.8, 4) is 5.88 Å². The normalized spacial score (nSPS) is 22.4. The Morgan fingerprint density at radius 2 is 2.10 bits per heavy atom. The molecule has 3 aromatic rings. The molecule has 1 amide bonds. The smallest absolute Gasteiger partial charge is 0.241 e. The number of carbonyl (C=O) groups excluding carboxylic acids is 1. The van der Waals surface area contributed by atoms with Gasteiger partial charge in [0.2, 0.25) is 18.2 Å². The highest BCUT2D eigenvalue weighted by molar-refractivity contribution is 6.05. The highest BCUT2D eigenvalue weighted by atomic mass is 19.3. The minimum absolute atomic E-state index is 0.0166. The van der Waals surface area contributed by atoms with Crippen molar-refractivity contribution in [1.29, 1.82) is 0 Å². The molecule has 30 heavy (non-hydrogen) atoms. The van der Waals surface area contributed by atoms with E-state index in [4.69, 9.17) is 4.74 Å². The molecule has 1 saturated heterocycles. The van der Waals surface area contributed by atoms with Gasteiger partial charge in [-0.05, 0) is 42.0 Å². The van der Waals surface area contributed by atoms with Crippen LogP contribution in [0.15, 0.2) is 42.9 Å². The molecule has 2 aliphatic rings. The number of hydrogen-bond donors (Lipinski definition) is 1. The van der Waals surface area contributed by atoms with Crippen LogP contribution in [0.1, 0.15) is 37.8 Å². The average Bonchev–Trinajstić information content (AvgIpc) is 3.26. The van der Waals surface area contributed by atoms with Crippen LogP contribution >= 0.6 is 0 Å². The van der Waals surface area contributed by atoms with E-state index in [0.717, 1.165) is 35.1 Å². The number of aromatic nitrogens is 3. The number of fused-ring (bicyclic) bond motifs is 1. The predicted octanol–water partition coefficient (Wildman–Crippen LogP) is 4.50. The summed E-state index contributed by atoms with van der Waals surface area (Å²) >= 11 is 0. The Balaban J connectivity index is 1.42. The molecule has 8 heteroatoms. The van der Waals surface area contributed by atoms with Crippen LogP contribution < -0.4 is 9.64 Å². The van der Waals surface area contributed by atoms with Gasteiger partial charge in [0.25, 0.3) is 0 Å². The Morgan fingerprint density at radius 3 is 2.80 bits per heavy atom. The number of nitrogens with one attached hydrogen (secondary N) is 1. The monoisotopic (exact) mass is 412 g/mol. The Morgan fingerprint density at radius 1 is 1.27 bits per heavy atom. The Kier molecular flexibility index (Phi) is 4.45. The maximum Gasteiger partial charge on any atom is 0.241 e. The molecule has 1 aliphatic heterocycles. The van der Waals surface area contributed by atoms with Gasteiger partial charge in [-0.25, -0.2) is 18.7 Å². The van der Waals surface area contributed by atoms with Gasteiger partial charge in [0.05, 0.1) is 35.9 Å². The number of benzene rings is 1. The third kappa shape index (κ3) is 3.20. The van der Waals surface area contributed by atoms with Crippen LogP contribution in [-0.4, -0.2) is 33.9 Å². The number of pyridine rings is 1. The first-order chi connectivity index (χ1) is 14.5. The molecule has 1 saturated carbocycles. The van der Waals surface area contributed by atoms with Gasteiger partial charge in [0.1, 0.15) is 0 Å². The van der Waals surface area contributed by atoms with Crippen LogP contribution in [0.5, 0.6) is 5.88 Å². The van der Waals surface area contributed by atoms with Crippen LogP contribution in [0.25, 0.3) is 11.0 Å². The molecule has 0 bridgehead atoms. The molecule has 156 valence electrons. The van der Waals surface area contributed by atoms with E-state index in [1.807, 2.05) is 29.2 Å². The van der Waals surface area contributed by atoms with Crippen molar-refractivity contribution in [2.24, 2.45) is 11.3 Å². The number of rotatable bonds is 7. The quantitative estimate of drug-likeness (QED) is 0.580. The number of alkyl halides is 2. The van der Waals surface area contributed by atoms with Gasteiger partial charge < -0.3 is 14.6 Å². The van der Waals surface area contributed by atoms with Gasteiger partial charge in [-0.1, -0.05) is 13.0 Å². The summed E-state index contributed by atoms with van der Waals surface area (Å²) in [4.78, 5) is 26.6. The molecule has 2 fully saturated rings. The van der Waals surface area contributed by atoms with E-state index >= 15 is 0 Å². The summed E-state index contributed by atoms with van der Waals surface area (Å²) in [6.45, 7) is 2.08. The molecule has 2 atom stereocenters. The number of H-pyrrole nitrogens is 1. The average molecular weight is 412 g/mol. The van der Waals surface area contributed by atoms with E-state index < -0.39 is 6.43 Å². The summed E-state index contributed by atoms with van der Waals surface area (Å²) in [5.74, 6) is 0.336. The molecule has 5 rings (SSSR count). The first-order valence-corrected chi connectivity index (χ1v) is 10.1. The number of amides is 1. The standard InChI is InChI=1S/C22H22F2N4O2/c1-22(7-8-22)19-20(13-2-5-18(25-11-13)30-9-6-17(23)24)28(21(19)29)14-3-4-15-16(10-14)27-12-26-15/h2-5,10-12,17,19-20H,6-9H2,1H3,(H,26,27)/t19-,20+/m1/s1. The Bertz CT molecular complexity index is 1080. The lowest BCUT2D eigenvalue weighted by molar-refractivity contribution is -0.133. The van der Waals surface area contributed by atoms with Crippen molar-refractivity contribution in [3.63, 3.8) is 0 Å². The van der Waals surface area contributed by atoms with Crippen molar-refractivity contribution in [1.82, 2.24) is 15.0 Å². The molecule has 2 aromatic heterocycles. The van der Waals surface area contributed by atoms with Crippen LogP contribution in [-0.2, 0) is 4.79 Å². The second-order valence-electron chi connectivity index (χ2n) is 8.35. The number of carbonyl (C=O) groups is 1. The van der Waals surface area contributed by atoms with Gasteiger partial charge in [-0.2, -0.15) is 0 Å². The lowest BCUT2D eigenvalue weighted by atomic mass is 9.73. The van der Waals surface area contributed by atoms with Gasteiger partial charge in [-0.15, -0.1) is 0 Å². The van der Waals surface area contributed by atoms with Gasteiger partial charge in [-0.3, -0.25) is 4.79 Å². The maximum atomic E-state index is 13.2. The number of imidazole rings is 1. The number of anilines is 1. The summed E-state index contributed by atoms with van der Waals surface area (Å²) in [6.07, 6.45) is 2.67. The third-order valence-electron chi connectivity index (χ3n) is 6.26. The fourth-order valence-corrected chi connectivity index (χ4v) is 4.28. The largest absolute Gasteiger partial charge is 0.477 e. The van der Waals surface area contributed by atoms with E-state index in [-0.39, 0.29) is 36.3 Å². The highest BCUT2D eigenvalue weighted by Gasteiger charge is 2.61. The topological polar surface area (TPSA) is 71.1 Å². The molecular weight excluding hydrogens is 390 g/mol. The second kappa shape index (κ2) is 7.04. The van der Waals surface area contributed by atoms with E-state index in [1.54, 1.807) is 18.6 Å². The highest BCUT2D eigenvalue weighted by Crippen LogP contribution is 2.62. The van der Waals surface area contributed by atoms with Crippen LogP contribution in [0, 0.1) is 11.3 Å². The van der Waals surface area contributed by atoms with E-state index in [9.17, 15) is 13.6 Å². The van der Waals surface area contributed by atoms with E-state index in [0.29, 0.717) is 5.88 Å². The fourth-order valence-electron chi connectivity index (χ4n) is 4.28. The number of nitrogens with zero attached hydrogens (tertiary/aromatic N) is 3. The number of halogens is 2. The third-order valence-corrected chi connectivity index (χ3v) is 6.26. The van der Waals surface area contributed by atoms with Crippen molar-refractivity contribution < 1.29 is 18.3 Å². The molecule has 1 N–H and O–H groups in total. The SMILES string of the molecule is CC1([C@H]2C(=O)N(c3ccc4nc[nH]c4c3)[C@H]2c2ccc(OCCC(F)F)nc2)CC1. The fraction of sp³-hybridized carbons (Fsp3) is 0.409. The summed E-state index contributed by atoms with van der Waals surface area (Å²) in [5.41, 5.74) is 3.48. The number of β-lactam (4-membered cyclic amide) rings is 1. The maximum absolute atomic E-state index is 13.2. The Hall–Kier alpha value is -3.03. The van der Waals surface area contributed by atoms with Crippen LogP contribution in [0.3, 0.4) is 0 Å². The molecule has 1 aliphatic carbocycles. The van der Waals surface area contributed by atoms with Gasteiger partial charge >= 0.3 is 0 Å². The van der Waals surface area contributed by atoms with Crippen molar-refractivity contribution in [2.75, 3.05) is 11.5 Å². The van der Waals surface area contributed by atoms with E-state index in [2.05, 4.69) is 21.9 Å². The van der Waals surface area contributed by atoms with Gasteiger partial charge in [0.15, 0.2) is 0 Å². The number of hydrogen-bond acceptors (Lipinski definition) is 4. The second-order valence-corrected chi connectivity index (χ2v) is 8.35. The Labute approximate surface area is 172 Å². The predicted molar refractivity (Wildman–Crippen MR) is 108 cm³/mol. The van der Waals surface area contributed by atoms with E-state index in [1.165, 1.54) is 0 Å². The lowest BCUT2D eigenvalue weighted by Gasteiger charge is -2.50. The van der Waals surface area contributed by atoms with Crippen molar-refractivity contribution >= 4 is 22.6 Å². The summed E-state index contributed by atoms with van der Waals surface area (Å²) in [6, 6.07) is 9.19. The zero-order chi connectivity index (χ0) is 20.9. The molecule has 1 aromatic carbocycles. The molecule has 0 radical (unpaired) electrons. The number of aromatic amines is 1. The zero-order valence-electron chi connectivity index (χ0n) is 16.5. The zero-order valence-corrected chi connectivity index (χ0v) is 16.5. The molecule has 0 unspecified atom stereocenters. The molecule has 6 nitrogen and oxygen atoms in total. The summed E-state index contributed by atoms with van der Waals surface area (Å²) in [5, 5.41) is 0. The molecule has 3 heterocycles. The van der Waals surface area contributed by atoms with Crippen LogP contribution in [0.4, 0.5) is 14.5 Å². The van der Waals surface area contributed by atoms with Crippen molar-refractivity contribution in [3.05, 3.63) is 48.4 Å².